The van der Waals surface area contributed by atoms with Gasteiger partial charge in [0.05, 0.1) is 12.3 Å². The molecule has 0 bridgehead atoms. The molecule has 5 rings (SSSR count). The van der Waals surface area contributed by atoms with Crippen molar-refractivity contribution in [2.24, 2.45) is 11.8 Å². The van der Waals surface area contributed by atoms with Crippen LogP contribution in [-0.4, -0.2) is 53.4 Å². The molecule has 2 heterocycles. The van der Waals surface area contributed by atoms with Crippen LogP contribution in [0.4, 0.5) is 13.2 Å². The van der Waals surface area contributed by atoms with Gasteiger partial charge in [-0.25, -0.2) is 0 Å². The number of nitrogens with zero attached hydrogens (tertiary/aromatic N) is 3. The van der Waals surface area contributed by atoms with Gasteiger partial charge in [0.1, 0.15) is 5.75 Å². The van der Waals surface area contributed by atoms with Crippen LogP contribution in [0.5, 0.6) is 5.75 Å². The van der Waals surface area contributed by atoms with Crippen molar-refractivity contribution in [1.82, 2.24) is 14.7 Å². The average molecular weight is 450 g/mol. The molecule has 1 aliphatic heterocycles. The van der Waals surface area contributed by atoms with E-state index in [4.69, 9.17) is 9.84 Å². The van der Waals surface area contributed by atoms with Gasteiger partial charge in [0.15, 0.2) is 0 Å². The summed E-state index contributed by atoms with van der Waals surface area (Å²) in [5.41, 5.74) is 2.55. The molecule has 3 fully saturated rings. The van der Waals surface area contributed by atoms with Crippen molar-refractivity contribution in [1.29, 1.82) is 0 Å². The smallest absolute Gasteiger partial charge is 0.406 e. The van der Waals surface area contributed by atoms with Crippen LogP contribution in [0.3, 0.4) is 0 Å². The van der Waals surface area contributed by atoms with E-state index in [1.807, 2.05) is 0 Å². The number of halogens is 3. The summed E-state index contributed by atoms with van der Waals surface area (Å²) in [5.74, 6) is 1.62. The van der Waals surface area contributed by atoms with Crippen molar-refractivity contribution in [3.8, 4) is 17.0 Å². The Morgan fingerprint density at radius 2 is 1.88 bits per heavy atom. The topological polar surface area (TPSA) is 39.5 Å². The largest absolute Gasteiger partial charge is 0.573 e. The van der Waals surface area contributed by atoms with E-state index in [0.29, 0.717) is 35.1 Å². The minimum absolute atomic E-state index is 0.188. The molecule has 1 saturated heterocycles. The Balaban J connectivity index is 1.33. The van der Waals surface area contributed by atoms with E-state index in [1.165, 1.54) is 30.7 Å². The van der Waals surface area contributed by atoms with E-state index in [9.17, 15) is 13.2 Å². The predicted molar refractivity (Wildman–Crippen MR) is 114 cm³/mol. The zero-order valence-corrected chi connectivity index (χ0v) is 18.5. The second-order valence-corrected chi connectivity index (χ2v) is 9.55. The highest BCUT2D eigenvalue weighted by Crippen LogP contribution is 2.64. The standard InChI is InChI=1S/C24H30F3N3O2/c1-15(2)30-22(14-21(28-30)16-5-3-6-18(11-16)32-24(25,26)27)23-19-12-17(13-20(19)23)29-7-4-9-31-10-8-29/h3,5-6,11,14-15,17,19-20,23H,4,7-10,12-13H2,1-2H3/t17?,19-,20+,23?. The van der Waals surface area contributed by atoms with Crippen molar-refractivity contribution in [2.75, 3.05) is 26.3 Å². The van der Waals surface area contributed by atoms with Crippen molar-refractivity contribution >= 4 is 0 Å². The summed E-state index contributed by atoms with van der Waals surface area (Å²) in [6.07, 6.45) is -1.18. The predicted octanol–water partition coefficient (Wildman–Crippen LogP) is 5.24. The lowest BCUT2D eigenvalue weighted by atomic mass is 10.0. The fraction of sp³-hybridized carbons (Fsp3) is 0.625. The molecular weight excluding hydrogens is 419 g/mol. The Kier molecular flexibility index (Phi) is 5.70. The second-order valence-electron chi connectivity index (χ2n) is 9.55. The Morgan fingerprint density at radius 1 is 1.09 bits per heavy atom. The molecule has 2 aromatic rings. The minimum Gasteiger partial charge on any atom is -0.406 e. The van der Waals surface area contributed by atoms with Crippen molar-refractivity contribution in [3.63, 3.8) is 0 Å². The van der Waals surface area contributed by atoms with Gasteiger partial charge in [-0.1, -0.05) is 12.1 Å². The van der Waals surface area contributed by atoms with Crippen LogP contribution in [0, 0.1) is 11.8 Å². The molecule has 1 aromatic heterocycles. The molecule has 0 radical (unpaired) electrons. The number of rotatable bonds is 5. The molecule has 32 heavy (non-hydrogen) atoms. The third-order valence-electron chi connectivity index (χ3n) is 7.15. The first-order valence-electron chi connectivity index (χ1n) is 11.6. The van der Waals surface area contributed by atoms with Gasteiger partial charge in [-0.15, -0.1) is 13.2 Å². The zero-order valence-electron chi connectivity index (χ0n) is 18.5. The molecular formula is C24H30F3N3O2. The summed E-state index contributed by atoms with van der Waals surface area (Å²) in [4.78, 5) is 2.60. The molecule has 0 spiro atoms. The summed E-state index contributed by atoms with van der Waals surface area (Å²) >= 11 is 0. The third kappa shape index (κ3) is 4.39. The minimum atomic E-state index is -4.71. The summed E-state index contributed by atoms with van der Waals surface area (Å²) in [7, 11) is 0. The van der Waals surface area contributed by atoms with Gasteiger partial charge in [-0.2, -0.15) is 5.10 Å². The first kappa shape index (κ1) is 21.8. The van der Waals surface area contributed by atoms with Gasteiger partial charge in [0, 0.05) is 49.0 Å². The van der Waals surface area contributed by atoms with Crippen LogP contribution in [0.25, 0.3) is 11.3 Å². The average Bonchev–Trinajstić information content (AvgIpc) is 3.06. The monoisotopic (exact) mass is 449 g/mol. The van der Waals surface area contributed by atoms with Crippen LogP contribution in [0.15, 0.2) is 30.3 Å². The highest BCUT2D eigenvalue weighted by molar-refractivity contribution is 5.62. The Hall–Kier alpha value is -2.06. The van der Waals surface area contributed by atoms with Crippen LogP contribution in [0.2, 0.25) is 0 Å². The molecule has 2 saturated carbocycles. The van der Waals surface area contributed by atoms with E-state index >= 15 is 0 Å². The van der Waals surface area contributed by atoms with Crippen LogP contribution < -0.4 is 4.74 Å². The quantitative estimate of drug-likeness (QED) is 0.626. The summed E-state index contributed by atoms with van der Waals surface area (Å²) in [6.45, 7) is 8.04. The molecule has 8 heteroatoms. The van der Waals surface area contributed by atoms with E-state index < -0.39 is 6.36 Å². The number of hydrogen-bond acceptors (Lipinski definition) is 4. The first-order chi connectivity index (χ1) is 15.3. The maximum Gasteiger partial charge on any atom is 0.573 e. The molecule has 0 amide bonds. The second kappa shape index (κ2) is 8.37. The Morgan fingerprint density at radius 3 is 2.59 bits per heavy atom. The molecule has 2 unspecified atom stereocenters. The lowest BCUT2D eigenvalue weighted by Crippen LogP contribution is -2.36. The number of fused-ring (bicyclic) bond motifs is 1. The van der Waals surface area contributed by atoms with E-state index in [-0.39, 0.29) is 11.8 Å². The SMILES string of the molecule is CC(C)n1nc(-c2cccc(OC(F)(F)F)c2)cc1C1[C@H]2CC(N3CCCOCC3)C[C@@H]12. The van der Waals surface area contributed by atoms with Crippen molar-refractivity contribution in [3.05, 3.63) is 36.0 Å². The van der Waals surface area contributed by atoms with Crippen LogP contribution in [0.1, 0.15) is 50.8 Å². The van der Waals surface area contributed by atoms with E-state index in [1.54, 1.807) is 12.1 Å². The highest BCUT2D eigenvalue weighted by atomic mass is 19.4. The Labute approximate surface area is 186 Å². The number of benzene rings is 1. The van der Waals surface area contributed by atoms with Gasteiger partial charge < -0.3 is 9.47 Å². The molecule has 4 atom stereocenters. The zero-order chi connectivity index (χ0) is 22.5. The van der Waals surface area contributed by atoms with Crippen LogP contribution >= 0.6 is 0 Å². The number of alkyl halides is 3. The fourth-order valence-corrected chi connectivity index (χ4v) is 5.74. The normalized spacial score (nSPS) is 28.6. The summed E-state index contributed by atoms with van der Waals surface area (Å²) in [5, 5.41) is 4.78. The molecule has 1 aromatic carbocycles. The maximum absolute atomic E-state index is 12.6. The molecule has 0 N–H and O–H groups in total. The lowest BCUT2D eigenvalue weighted by Gasteiger charge is -2.28. The number of ether oxygens (including phenoxy) is 2. The number of aromatic nitrogens is 2. The van der Waals surface area contributed by atoms with E-state index in [0.717, 1.165) is 32.7 Å². The van der Waals surface area contributed by atoms with Crippen LogP contribution in [-0.2, 0) is 4.74 Å². The lowest BCUT2D eigenvalue weighted by molar-refractivity contribution is -0.274. The first-order valence-corrected chi connectivity index (χ1v) is 11.6. The summed E-state index contributed by atoms with van der Waals surface area (Å²) in [6, 6.07) is 9.00. The molecule has 2 aliphatic carbocycles. The van der Waals surface area contributed by atoms with Crippen molar-refractivity contribution in [2.45, 2.75) is 57.5 Å². The summed E-state index contributed by atoms with van der Waals surface area (Å²) < 4.78 is 49.7. The number of hydrogen-bond donors (Lipinski definition) is 0. The molecule has 5 nitrogen and oxygen atoms in total. The van der Waals surface area contributed by atoms with Gasteiger partial charge >= 0.3 is 6.36 Å². The van der Waals surface area contributed by atoms with Gasteiger partial charge in [0.25, 0.3) is 0 Å². The maximum atomic E-state index is 12.6. The Bertz CT molecular complexity index is 938. The van der Waals surface area contributed by atoms with Crippen molar-refractivity contribution < 1.29 is 22.6 Å². The van der Waals surface area contributed by atoms with Gasteiger partial charge in [0.2, 0.25) is 0 Å². The van der Waals surface area contributed by atoms with Gasteiger partial charge in [-0.3, -0.25) is 9.58 Å². The fourth-order valence-electron chi connectivity index (χ4n) is 5.74. The highest BCUT2D eigenvalue weighted by Gasteiger charge is 2.58. The van der Waals surface area contributed by atoms with Gasteiger partial charge in [-0.05, 0) is 63.1 Å². The molecule has 3 aliphatic rings. The molecule has 174 valence electrons. The third-order valence-corrected chi connectivity index (χ3v) is 7.15. The van der Waals surface area contributed by atoms with E-state index in [2.05, 4.69) is 34.2 Å².